The molecule has 0 amide bonds. The molecule has 2 unspecified atom stereocenters. The van der Waals surface area contributed by atoms with Crippen LogP contribution < -0.4 is 5.32 Å². The Morgan fingerprint density at radius 1 is 1.41 bits per heavy atom. The van der Waals surface area contributed by atoms with Crippen LogP contribution >= 0.6 is 0 Å². The number of aldehydes is 1. The average molecular weight is 233 g/mol. The summed E-state index contributed by atoms with van der Waals surface area (Å²) >= 11 is 0. The molecule has 0 spiro atoms. The quantitative estimate of drug-likeness (QED) is 0.632. The van der Waals surface area contributed by atoms with Gasteiger partial charge in [0.25, 0.3) is 0 Å². The molecule has 1 aliphatic rings. The van der Waals surface area contributed by atoms with Gasteiger partial charge in [-0.05, 0) is 12.0 Å². The Hall–Kier alpha value is -1.68. The molecular weight excluding hydrogens is 218 g/mol. The molecule has 1 N–H and O–H groups in total. The molecule has 0 saturated carbocycles. The summed E-state index contributed by atoms with van der Waals surface area (Å²) in [5.74, 6) is -0.236. The maximum Gasteiger partial charge on any atom is 0.310 e. The number of methoxy groups -OCH3 is 1. The van der Waals surface area contributed by atoms with E-state index in [1.165, 1.54) is 7.11 Å². The standard InChI is InChI=1S/C13H15NO3/c1-17-13(16)11-6-12(14-7-11)10-4-2-9(8-15)3-5-10/h2-5,8,11-12,14H,6-7H2,1H3. The molecule has 0 radical (unpaired) electrons. The lowest BCUT2D eigenvalue weighted by Gasteiger charge is -2.10. The number of ether oxygens (including phenoxy) is 1. The fourth-order valence-electron chi connectivity index (χ4n) is 2.14. The number of nitrogens with one attached hydrogen (secondary N) is 1. The van der Waals surface area contributed by atoms with E-state index < -0.39 is 0 Å². The predicted octanol–water partition coefficient (Wildman–Crippen LogP) is 1.32. The third kappa shape index (κ3) is 2.53. The summed E-state index contributed by atoms with van der Waals surface area (Å²) in [5.41, 5.74) is 1.76. The first-order chi connectivity index (χ1) is 8.24. The number of esters is 1. The largest absolute Gasteiger partial charge is 0.469 e. The first-order valence-electron chi connectivity index (χ1n) is 5.61. The molecule has 1 heterocycles. The Balaban J connectivity index is 2.04. The zero-order chi connectivity index (χ0) is 12.3. The third-order valence-corrected chi connectivity index (χ3v) is 3.14. The average Bonchev–Trinajstić information content (AvgIpc) is 2.87. The van der Waals surface area contributed by atoms with Gasteiger partial charge in [-0.1, -0.05) is 24.3 Å². The number of benzene rings is 1. The van der Waals surface area contributed by atoms with Crippen LogP contribution in [0.5, 0.6) is 0 Å². The number of hydrogen-bond donors (Lipinski definition) is 1. The van der Waals surface area contributed by atoms with E-state index >= 15 is 0 Å². The topological polar surface area (TPSA) is 55.4 Å². The van der Waals surface area contributed by atoms with Crippen LogP contribution in [0.1, 0.15) is 28.4 Å². The Kier molecular flexibility index (Phi) is 3.54. The number of hydrogen-bond acceptors (Lipinski definition) is 4. The van der Waals surface area contributed by atoms with Gasteiger partial charge in [0.1, 0.15) is 6.29 Å². The SMILES string of the molecule is COC(=O)C1CNC(c2ccc(C=O)cc2)C1. The van der Waals surface area contributed by atoms with Crippen LogP contribution in [0.15, 0.2) is 24.3 Å². The molecule has 2 rings (SSSR count). The smallest absolute Gasteiger partial charge is 0.310 e. The van der Waals surface area contributed by atoms with Crippen LogP contribution in [0.2, 0.25) is 0 Å². The van der Waals surface area contributed by atoms with E-state index in [0.29, 0.717) is 12.1 Å². The van der Waals surface area contributed by atoms with Crippen molar-refractivity contribution in [2.45, 2.75) is 12.5 Å². The molecule has 17 heavy (non-hydrogen) atoms. The van der Waals surface area contributed by atoms with Gasteiger partial charge >= 0.3 is 5.97 Å². The fourth-order valence-corrected chi connectivity index (χ4v) is 2.14. The zero-order valence-corrected chi connectivity index (χ0v) is 9.68. The molecule has 0 bridgehead atoms. The second kappa shape index (κ2) is 5.10. The first kappa shape index (κ1) is 11.8. The van der Waals surface area contributed by atoms with Crippen LogP contribution in [-0.2, 0) is 9.53 Å². The minimum absolute atomic E-state index is 0.0734. The highest BCUT2D eigenvalue weighted by atomic mass is 16.5. The van der Waals surface area contributed by atoms with Gasteiger partial charge in [-0.3, -0.25) is 9.59 Å². The van der Waals surface area contributed by atoms with Crippen molar-refractivity contribution in [2.75, 3.05) is 13.7 Å². The molecule has 0 aliphatic carbocycles. The highest BCUT2D eigenvalue weighted by Gasteiger charge is 2.30. The lowest BCUT2D eigenvalue weighted by molar-refractivity contribution is -0.144. The van der Waals surface area contributed by atoms with Gasteiger partial charge < -0.3 is 10.1 Å². The van der Waals surface area contributed by atoms with Crippen LogP contribution in [-0.4, -0.2) is 25.9 Å². The Morgan fingerprint density at radius 3 is 2.71 bits per heavy atom. The van der Waals surface area contributed by atoms with Gasteiger partial charge in [0, 0.05) is 18.2 Å². The van der Waals surface area contributed by atoms with E-state index in [1.807, 2.05) is 12.1 Å². The Morgan fingerprint density at radius 2 is 2.12 bits per heavy atom. The van der Waals surface area contributed by atoms with Crippen molar-refractivity contribution < 1.29 is 14.3 Å². The van der Waals surface area contributed by atoms with E-state index in [-0.39, 0.29) is 17.9 Å². The normalized spacial score (nSPS) is 23.4. The lowest BCUT2D eigenvalue weighted by Crippen LogP contribution is -2.19. The van der Waals surface area contributed by atoms with E-state index in [9.17, 15) is 9.59 Å². The molecule has 1 aromatic carbocycles. The van der Waals surface area contributed by atoms with Crippen LogP contribution in [0.3, 0.4) is 0 Å². The van der Waals surface area contributed by atoms with Gasteiger partial charge in [0.15, 0.2) is 0 Å². The Bertz CT molecular complexity index is 413. The molecule has 1 aliphatic heterocycles. The Labute approximate surface area is 100.0 Å². The molecule has 4 nitrogen and oxygen atoms in total. The van der Waals surface area contributed by atoms with Crippen LogP contribution in [0.25, 0.3) is 0 Å². The van der Waals surface area contributed by atoms with E-state index in [2.05, 4.69) is 5.32 Å². The number of carbonyl (C=O) groups is 2. The molecule has 1 saturated heterocycles. The number of carbonyl (C=O) groups excluding carboxylic acids is 2. The fraction of sp³-hybridized carbons (Fsp3) is 0.385. The summed E-state index contributed by atoms with van der Waals surface area (Å²) < 4.78 is 4.73. The van der Waals surface area contributed by atoms with E-state index in [4.69, 9.17) is 4.74 Å². The maximum absolute atomic E-state index is 11.4. The molecule has 4 heteroatoms. The number of rotatable bonds is 3. The molecule has 90 valence electrons. The molecule has 0 aromatic heterocycles. The van der Waals surface area contributed by atoms with Crippen molar-refractivity contribution >= 4 is 12.3 Å². The summed E-state index contributed by atoms with van der Waals surface area (Å²) in [6.07, 6.45) is 1.57. The van der Waals surface area contributed by atoms with Crippen molar-refractivity contribution in [1.29, 1.82) is 0 Å². The van der Waals surface area contributed by atoms with Gasteiger partial charge in [-0.2, -0.15) is 0 Å². The summed E-state index contributed by atoms with van der Waals surface area (Å²) in [7, 11) is 1.41. The van der Waals surface area contributed by atoms with Crippen molar-refractivity contribution in [1.82, 2.24) is 5.32 Å². The van der Waals surface area contributed by atoms with E-state index in [0.717, 1.165) is 18.3 Å². The maximum atomic E-state index is 11.4. The minimum atomic E-state index is -0.162. The second-order valence-corrected chi connectivity index (χ2v) is 4.20. The van der Waals surface area contributed by atoms with Gasteiger partial charge in [-0.15, -0.1) is 0 Å². The highest BCUT2D eigenvalue weighted by molar-refractivity contribution is 5.75. The monoisotopic (exact) mass is 233 g/mol. The highest BCUT2D eigenvalue weighted by Crippen LogP contribution is 2.27. The predicted molar refractivity (Wildman–Crippen MR) is 62.7 cm³/mol. The van der Waals surface area contributed by atoms with Gasteiger partial charge in [0.05, 0.1) is 13.0 Å². The summed E-state index contributed by atoms with van der Waals surface area (Å²) in [5, 5.41) is 3.29. The minimum Gasteiger partial charge on any atom is -0.469 e. The van der Waals surface area contributed by atoms with Crippen LogP contribution in [0.4, 0.5) is 0 Å². The van der Waals surface area contributed by atoms with E-state index in [1.54, 1.807) is 12.1 Å². The second-order valence-electron chi connectivity index (χ2n) is 4.20. The molecule has 2 atom stereocenters. The molecule has 1 aromatic rings. The van der Waals surface area contributed by atoms with Crippen molar-refractivity contribution in [3.8, 4) is 0 Å². The van der Waals surface area contributed by atoms with Crippen molar-refractivity contribution in [3.05, 3.63) is 35.4 Å². The van der Waals surface area contributed by atoms with Crippen LogP contribution in [0, 0.1) is 5.92 Å². The van der Waals surface area contributed by atoms with Crippen molar-refractivity contribution in [3.63, 3.8) is 0 Å². The van der Waals surface area contributed by atoms with Gasteiger partial charge in [-0.25, -0.2) is 0 Å². The molecule has 1 fully saturated rings. The summed E-state index contributed by atoms with van der Waals surface area (Å²) in [6, 6.07) is 7.58. The van der Waals surface area contributed by atoms with Gasteiger partial charge in [0.2, 0.25) is 0 Å². The summed E-state index contributed by atoms with van der Waals surface area (Å²) in [4.78, 5) is 21.9. The first-order valence-corrected chi connectivity index (χ1v) is 5.61. The van der Waals surface area contributed by atoms with Crippen molar-refractivity contribution in [2.24, 2.45) is 5.92 Å². The third-order valence-electron chi connectivity index (χ3n) is 3.14. The molecular formula is C13H15NO3. The lowest BCUT2D eigenvalue weighted by atomic mass is 9.99. The zero-order valence-electron chi connectivity index (χ0n) is 9.68. The summed E-state index contributed by atoms with van der Waals surface area (Å²) in [6.45, 7) is 0.646.